The molecule has 0 radical (unpaired) electrons. The fraction of sp³-hybridized carbons (Fsp3) is 0.250. The standard InChI is InChI=1S/C20H22ClN5OS/c1-3-26-18(12-22-16-8-4-14(2)5-9-16)24-25-20(26)28-13-19(27)23-17-10-6-15(21)7-11-17/h4-11,22H,3,12-13H2,1-2H3,(H,23,27). The number of carbonyl (C=O) groups excluding carboxylic acids is 1. The van der Waals surface area contributed by atoms with E-state index < -0.39 is 0 Å². The number of hydrogen-bond acceptors (Lipinski definition) is 5. The van der Waals surface area contributed by atoms with Crippen LogP contribution in [0.25, 0.3) is 0 Å². The minimum Gasteiger partial charge on any atom is -0.378 e. The number of amides is 1. The fourth-order valence-corrected chi connectivity index (χ4v) is 3.53. The van der Waals surface area contributed by atoms with E-state index in [1.54, 1.807) is 24.3 Å². The van der Waals surface area contributed by atoms with Gasteiger partial charge in [0.25, 0.3) is 0 Å². The molecule has 0 saturated heterocycles. The number of aryl methyl sites for hydroxylation is 1. The number of hydrogen-bond donors (Lipinski definition) is 2. The van der Waals surface area contributed by atoms with Crippen molar-refractivity contribution in [1.82, 2.24) is 14.8 Å². The molecule has 0 aliphatic heterocycles. The summed E-state index contributed by atoms with van der Waals surface area (Å²) in [5, 5.41) is 16.1. The van der Waals surface area contributed by atoms with Gasteiger partial charge in [-0.2, -0.15) is 0 Å². The maximum atomic E-state index is 12.2. The first-order valence-electron chi connectivity index (χ1n) is 8.96. The Morgan fingerprint density at radius 3 is 2.43 bits per heavy atom. The molecule has 2 aromatic carbocycles. The zero-order valence-electron chi connectivity index (χ0n) is 15.8. The van der Waals surface area contributed by atoms with Crippen molar-refractivity contribution in [2.24, 2.45) is 0 Å². The Kier molecular flexibility index (Phi) is 6.95. The van der Waals surface area contributed by atoms with Crippen LogP contribution in [0.15, 0.2) is 53.7 Å². The van der Waals surface area contributed by atoms with Crippen molar-refractivity contribution in [1.29, 1.82) is 0 Å². The third-order valence-electron chi connectivity index (χ3n) is 4.07. The molecule has 28 heavy (non-hydrogen) atoms. The molecule has 3 rings (SSSR count). The van der Waals surface area contributed by atoms with Crippen LogP contribution in [-0.4, -0.2) is 26.4 Å². The minimum absolute atomic E-state index is 0.0997. The van der Waals surface area contributed by atoms with E-state index in [2.05, 4.69) is 39.9 Å². The first-order chi connectivity index (χ1) is 13.5. The summed E-state index contributed by atoms with van der Waals surface area (Å²) in [7, 11) is 0. The molecule has 6 nitrogen and oxygen atoms in total. The number of nitrogens with zero attached hydrogens (tertiary/aromatic N) is 3. The molecule has 8 heteroatoms. The van der Waals surface area contributed by atoms with Gasteiger partial charge >= 0.3 is 0 Å². The summed E-state index contributed by atoms with van der Waals surface area (Å²) in [5.41, 5.74) is 2.97. The molecular formula is C20H22ClN5OS. The lowest BCUT2D eigenvalue weighted by Gasteiger charge is -2.09. The molecule has 0 aliphatic rings. The predicted molar refractivity (Wildman–Crippen MR) is 115 cm³/mol. The molecule has 0 aliphatic carbocycles. The molecule has 146 valence electrons. The van der Waals surface area contributed by atoms with Crippen molar-refractivity contribution < 1.29 is 4.79 Å². The van der Waals surface area contributed by atoms with Crippen molar-refractivity contribution in [3.63, 3.8) is 0 Å². The summed E-state index contributed by atoms with van der Waals surface area (Å²) >= 11 is 7.23. The molecule has 1 aromatic heterocycles. The van der Waals surface area contributed by atoms with Gasteiger partial charge in [-0.05, 0) is 50.2 Å². The van der Waals surface area contributed by atoms with Crippen molar-refractivity contribution in [3.05, 3.63) is 64.9 Å². The van der Waals surface area contributed by atoms with Gasteiger partial charge in [-0.15, -0.1) is 10.2 Å². The zero-order valence-corrected chi connectivity index (χ0v) is 17.3. The highest BCUT2D eigenvalue weighted by Crippen LogP contribution is 2.19. The molecular weight excluding hydrogens is 394 g/mol. The highest BCUT2D eigenvalue weighted by Gasteiger charge is 2.13. The maximum absolute atomic E-state index is 12.2. The quantitative estimate of drug-likeness (QED) is 0.526. The summed E-state index contributed by atoms with van der Waals surface area (Å²) in [6.45, 7) is 5.40. The molecule has 0 fully saturated rings. The molecule has 0 spiro atoms. The van der Waals surface area contributed by atoms with E-state index >= 15 is 0 Å². The van der Waals surface area contributed by atoms with E-state index in [9.17, 15) is 4.79 Å². The van der Waals surface area contributed by atoms with Crippen LogP contribution in [0, 0.1) is 6.92 Å². The summed E-state index contributed by atoms with van der Waals surface area (Å²) in [4.78, 5) is 12.2. The van der Waals surface area contributed by atoms with Gasteiger partial charge in [0.05, 0.1) is 12.3 Å². The fourth-order valence-electron chi connectivity index (χ4n) is 2.59. The van der Waals surface area contributed by atoms with Crippen LogP contribution in [0.4, 0.5) is 11.4 Å². The van der Waals surface area contributed by atoms with Gasteiger partial charge in [-0.1, -0.05) is 41.1 Å². The number of carbonyl (C=O) groups is 1. The van der Waals surface area contributed by atoms with Crippen LogP contribution in [0.3, 0.4) is 0 Å². The number of aromatic nitrogens is 3. The predicted octanol–water partition coefficient (Wildman–Crippen LogP) is 4.60. The van der Waals surface area contributed by atoms with Gasteiger partial charge in [0, 0.05) is 22.9 Å². The molecule has 0 atom stereocenters. The third-order valence-corrected chi connectivity index (χ3v) is 5.29. The lowest BCUT2D eigenvalue weighted by Crippen LogP contribution is -2.15. The first-order valence-corrected chi connectivity index (χ1v) is 10.3. The molecule has 1 amide bonds. The van der Waals surface area contributed by atoms with Crippen LogP contribution < -0.4 is 10.6 Å². The van der Waals surface area contributed by atoms with Crippen LogP contribution in [0.1, 0.15) is 18.3 Å². The molecule has 2 N–H and O–H groups in total. The Morgan fingerprint density at radius 1 is 1.07 bits per heavy atom. The Morgan fingerprint density at radius 2 is 1.75 bits per heavy atom. The van der Waals surface area contributed by atoms with Crippen molar-refractivity contribution in [2.75, 3.05) is 16.4 Å². The lowest BCUT2D eigenvalue weighted by molar-refractivity contribution is -0.113. The topological polar surface area (TPSA) is 71.8 Å². The number of anilines is 2. The highest BCUT2D eigenvalue weighted by molar-refractivity contribution is 7.99. The third kappa shape index (κ3) is 5.50. The second-order valence-corrected chi connectivity index (χ2v) is 7.59. The van der Waals surface area contributed by atoms with E-state index in [4.69, 9.17) is 11.6 Å². The van der Waals surface area contributed by atoms with Gasteiger partial charge < -0.3 is 15.2 Å². The van der Waals surface area contributed by atoms with Gasteiger partial charge in [0.1, 0.15) is 0 Å². The van der Waals surface area contributed by atoms with Gasteiger partial charge in [-0.25, -0.2) is 0 Å². The summed E-state index contributed by atoms with van der Waals surface area (Å²) in [6, 6.07) is 15.2. The summed E-state index contributed by atoms with van der Waals surface area (Å²) < 4.78 is 2.02. The molecule has 0 saturated carbocycles. The van der Waals surface area contributed by atoms with E-state index in [0.29, 0.717) is 11.6 Å². The Labute approximate surface area is 173 Å². The number of benzene rings is 2. The van der Waals surface area contributed by atoms with Gasteiger partial charge in [0.2, 0.25) is 5.91 Å². The number of nitrogens with one attached hydrogen (secondary N) is 2. The minimum atomic E-state index is -0.0997. The molecule has 0 bridgehead atoms. The highest BCUT2D eigenvalue weighted by atomic mass is 35.5. The second kappa shape index (κ2) is 9.61. The second-order valence-electron chi connectivity index (χ2n) is 6.21. The number of rotatable bonds is 8. The van der Waals surface area contributed by atoms with Crippen LogP contribution in [-0.2, 0) is 17.9 Å². The zero-order chi connectivity index (χ0) is 19.9. The normalized spacial score (nSPS) is 10.7. The van der Waals surface area contributed by atoms with E-state index in [0.717, 1.165) is 28.9 Å². The number of halogens is 1. The van der Waals surface area contributed by atoms with Crippen molar-refractivity contribution in [3.8, 4) is 0 Å². The van der Waals surface area contributed by atoms with Crippen molar-refractivity contribution in [2.45, 2.75) is 32.1 Å². The van der Waals surface area contributed by atoms with E-state index in [-0.39, 0.29) is 11.7 Å². The lowest BCUT2D eigenvalue weighted by atomic mass is 10.2. The average molecular weight is 416 g/mol. The Bertz CT molecular complexity index is 925. The molecule has 1 heterocycles. The van der Waals surface area contributed by atoms with Crippen LogP contribution >= 0.6 is 23.4 Å². The summed E-state index contributed by atoms with van der Waals surface area (Å²) in [5.74, 6) is 0.993. The maximum Gasteiger partial charge on any atom is 0.234 e. The van der Waals surface area contributed by atoms with Crippen LogP contribution in [0.5, 0.6) is 0 Å². The van der Waals surface area contributed by atoms with Gasteiger partial charge in [0.15, 0.2) is 11.0 Å². The summed E-state index contributed by atoms with van der Waals surface area (Å²) in [6.07, 6.45) is 0. The monoisotopic (exact) mass is 415 g/mol. The smallest absolute Gasteiger partial charge is 0.234 e. The van der Waals surface area contributed by atoms with Gasteiger partial charge in [-0.3, -0.25) is 4.79 Å². The Balaban J connectivity index is 1.56. The first kappa shape index (κ1) is 20.2. The molecule has 3 aromatic rings. The average Bonchev–Trinajstić information content (AvgIpc) is 3.09. The van der Waals surface area contributed by atoms with E-state index in [1.165, 1.54) is 17.3 Å². The van der Waals surface area contributed by atoms with E-state index in [1.807, 2.05) is 23.6 Å². The van der Waals surface area contributed by atoms with Crippen LogP contribution in [0.2, 0.25) is 5.02 Å². The Hall–Kier alpha value is -2.51. The van der Waals surface area contributed by atoms with Crippen molar-refractivity contribution >= 4 is 40.6 Å². The number of thioether (sulfide) groups is 1. The SMILES string of the molecule is CCn1c(CNc2ccc(C)cc2)nnc1SCC(=O)Nc1ccc(Cl)cc1. The molecule has 0 unspecified atom stereocenters. The largest absolute Gasteiger partial charge is 0.378 e.